The highest BCUT2D eigenvalue weighted by atomic mass is 19.2. The standard InChI is InChI=1S/C29H25F3O2/c1-3-19-5-9-22(10-6-19)25-15-16-27(29(32)28(25)31)34-18-20-7-11-21(12-8-20)24-14-13-23(33-4-2)17-26(24)30/h5-17H,3-4,18H2,1-2H3. The number of hydrogen-bond donors (Lipinski definition) is 0. The van der Waals surface area contributed by atoms with E-state index in [4.69, 9.17) is 9.47 Å². The Labute approximate surface area is 197 Å². The van der Waals surface area contributed by atoms with Crippen LogP contribution in [0.15, 0.2) is 78.9 Å². The van der Waals surface area contributed by atoms with E-state index in [9.17, 15) is 13.2 Å². The minimum absolute atomic E-state index is 0.0486. The summed E-state index contributed by atoms with van der Waals surface area (Å²) in [5.41, 5.74) is 3.81. The maximum atomic E-state index is 14.7. The maximum absolute atomic E-state index is 14.7. The molecule has 34 heavy (non-hydrogen) atoms. The van der Waals surface area contributed by atoms with E-state index in [0.717, 1.165) is 17.5 Å². The number of rotatable bonds is 8. The van der Waals surface area contributed by atoms with Gasteiger partial charge in [-0.2, -0.15) is 4.39 Å². The van der Waals surface area contributed by atoms with Crippen LogP contribution in [0.5, 0.6) is 11.5 Å². The second-order valence-electron chi connectivity index (χ2n) is 7.85. The van der Waals surface area contributed by atoms with E-state index in [-0.39, 0.29) is 23.7 Å². The maximum Gasteiger partial charge on any atom is 0.201 e. The van der Waals surface area contributed by atoms with Crippen molar-refractivity contribution < 1.29 is 22.6 Å². The molecule has 0 aliphatic rings. The van der Waals surface area contributed by atoms with Gasteiger partial charge in [0.15, 0.2) is 11.6 Å². The van der Waals surface area contributed by atoms with E-state index in [1.165, 1.54) is 18.2 Å². The second-order valence-corrected chi connectivity index (χ2v) is 7.85. The smallest absolute Gasteiger partial charge is 0.201 e. The van der Waals surface area contributed by atoms with Gasteiger partial charge in [0, 0.05) is 17.2 Å². The van der Waals surface area contributed by atoms with Gasteiger partial charge in [0.05, 0.1) is 6.61 Å². The van der Waals surface area contributed by atoms with Crippen LogP contribution in [0.1, 0.15) is 25.0 Å². The fourth-order valence-corrected chi connectivity index (χ4v) is 3.71. The lowest BCUT2D eigenvalue weighted by atomic mass is 10.0. The Morgan fingerprint density at radius 2 is 1.24 bits per heavy atom. The van der Waals surface area contributed by atoms with Gasteiger partial charge in [0.2, 0.25) is 5.82 Å². The summed E-state index contributed by atoms with van der Waals surface area (Å²) >= 11 is 0. The van der Waals surface area contributed by atoms with Gasteiger partial charge in [-0.1, -0.05) is 55.5 Å². The molecule has 4 aromatic carbocycles. The molecule has 0 amide bonds. The van der Waals surface area contributed by atoms with Crippen LogP contribution in [0.3, 0.4) is 0 Å². The van der Waals surface area contributed by atoms with Crippen LogP contribution in [-0.2, 0) is 13.0 Å². The van der Waals surface area contributed by atoms with Crippen LogP contribution in [0.4, 0.5) is 13.2 Å². The van der Waals surface area contributed by atoms with Crippen molar-refractivity contribution >= 4 is 0 Å². The lowest BCUT2D eigenvalue weighted by Gasteiger charge is -2.12. The lowest BCUT2D eigenvalue weighted by molar-refractivity contribution is 0.285. The molecule has 4 aromatic rings. The Kier molecular flexibility index (Phi) is 7.21. The highest BCUT2D eigenvalue weighted by Gasteiger charge is 2.16. The first kappa shape index (κ1) is 23.4. The first-order valence-electron chi connectivity index (χ1n) is 11.2. The first-order valence-corrected chi connectivity index (χ1v) is 11.2. The van der Waals surface area contributed by atoms with Gasteiger partial charge in [-0.15, -0.1) is 0 Å². The molecule has 0 atom stereocenters. The van der Waals surface area contributed by atoms with Crippen molar-refractivity contribution in [3.05, 3.63) is 107 Å². The summed E-state index contributed by atoms with van der Waals surface area (Å²) in [5.74, 6) is -2.02. The van der Waals surface area contributed by atoms with Crippen molar-refractivity contribution in [3.8, 4) is 33.8 Å². The predicted octanol–water partition coefficient (Wildman–Crippen LogP) is 7.98. The average molecular weight is 463 g/mol. The van der Waals surface area contributed by atoms with Gasteiger partial charge < -0.3 is 9.47 Å². The summed E-state index contributed by atoms with van der Waals surface area (Å²) in [6.45, 7) is 4.39. The van der Waals surface area contributed by atoms with E-state index in [0.29, 0.717) is 29.0 Å². The average Bonchev–Trinajstić information content (AvgIpc) is 2.86. The molecule has 0 spiro atoms. The molecule has 2 nitrogen and oxygen atoms in total. The largest absolute Gasteiger partial charge is 0.494 e. The Morgan fingerprint density at radius 3 is 1.85 bits per heavy atom. The number of ether oxygens (including phenoxy) is 2. The molecule has 4 rings (SSSR count). The quantitative estimate of drug-likeness (QED) is 0.264. The molecule has 0 aliphatic carbocycles. The zero-order valence-electron chi connectivity index (χ0n) is 19.1. The molecule has 174 valence electrons. The molecule has 0 fully saturated rings. The van der Waals surface area contributed by atoms with Crippen molar-refractivity contribution in [2.75, 3.05) is 6.61 Å². The van der Waals surface area contributed by atoms with Gasteiger partial charge in [-0.25, -0.2) is 8.78 Å². The van der Waals surface area contributed by atoms with Crippen molar-refractivity contribution in [1.29, 1.82) is 0 Å². The van der Waals surface area contributed by atoms with Crippen molar-refractivity contribution in [2.24, 2.45) is 0 Å². The van der Waals surface area contributed by atoms with Crippen LogP contribution >= 0.6 is 0 Å². The van der Waals surface area contributed by atoms with Crippen molar-refractivity contribution in [2.45, 2.75) is 26.9 Å². The number of hydrogen-bond acceptors (Lipinski definition) is 2. The minimum Gasteiger partial charge on any atom is -0.494 e. The highest BCUT2D eigenvalue weighted by Crippen LogP contribution is 2.31. The van der Waals surface area contributed by atoms with E-state index < -0.39 is 11.6 Å². The molecule has 5 heteroatoms. The van der Waals surface area contributed by atoms with Gasteiger partial charge in [0.25, 0.3) is 0 Å². The summed E-state index contributed by atoms with van der Waals surface area (Å²) in [6, 6.07) is 22.1. The first-order chi connectivity index (χ1) is 16.5. The van der Waals surface area contributed by atoms with Crippen molar-refractivity contribution in [1.82, 2.24) is 0 Å². The summed E-state index contributed by atoms with van der Waals surface area (Å²) in [5, 5.41) is 0. The summed E-state index contributed by atoms with van der Waals surface area (Å²) < 4.78 is 54.6. The van der Waals surface area contributed by atoms with Crippen LogP contribution in [0.2, 0.25) is 0 Å². The van der Waals surface area contributed by atoms with Crippen LogP contribution in [0.25, 0.3) is 22.3 Å². The Bertz CT molecular complexity index is 1270. The third-order valence-corrected chi connectivity index (χ3v) is 5.63. The normalized spacial score (nSPS) is 10.9. The molecule has 0 aromatic heterocycles. The predicted molar refractivity (Wildman–Crippen MR) is 129 cm³/mol. The summed E-state index contributed by atoms with van der Waals surface area (Å²) in [7, 11) is 0. The molecule has 0 saturated heterocycles. The monoisotopic (exact) mass is 462 g/mol. The lowest BCUT2D eigenvalue weighted by Crippen LogP contribution is -2.00. The number of aryl methyl sites for hydroxylation is 1. The SMILES string of the molecule is CCOc1ccc(-c2ccc(COc3ccc(-c4ccc(CC)cc4)c(F)c3F)cc2)c(F)c1. The molecular weight excluding hydrogens is 437 g/mol. The van der Waals surface area contributed by atoms with E-state index >= 15 is 0 Å². The Morgan fingerprint density at radius 1 is 0.618 bits per heavy atom. The van der Waals surface area contributed by atoms with E-state index in [2.05, 4.69) is 0 Å². The van der Waals surface area contributed by atoms with Crippen LogP contribution < -0.4 is 9.47 Å². The van der Waals surface area contributed by atoms with Gasteiger partial charge >= 0.3 is 0 Å². The topological polar surface area (TPSA) is 18.5 Å². The fraction of sp³-hybridized carbons (Fsp3) is 0.172. The van der Waals surface area contributed by atoms with Gasteiger partial charge in [-0.05, 0) is 59.9 Å². The molecule has 0 N–H and O–H groups in total. The minimum atomic E-state index is -1.02. The van der Waals surface area contributed by atoms with E-state index in [1.54, 1.807) is 48.5 Å². The molecule has 0 saturated carbocycles. The third kappa shape index (κ3) is 5.09. The Hall–Kier alpha value is -3.73. The molecule has 0 radical (unpaired) electrons. The second kappa shape index (κ2) is 10.5. The molecule has 0 bridgehead atoms. The van der Waals surface area contributed by atoms with Crippen LogP contribution in [-0.4, -0.2) is 6.61 Å². The number of halogens is 3. The fourth-order valence-electron chi connectivity index (χ4n) is 3.71. The molecule has 0 aliphatic heterocycles. The summed E-state index contributed by atoms with van der Waals surface area (Å²) in [6.07, 6.45) is 0.875. The zero-order chi connectivity index (χ0) is 24.1. The highest BCUT2D eigenvalue weighted by molar-refractivity contribution is 5.66. The molecule has 0 heterocycles. The van der Waals surface area contributed by atoms with Gasteiger partial charge in [-0.3, -0.25) is 0 Å². The summed E-state index contributed by atoms with van der Waals surface area (Å²) in [4.78, 5) is 0. The Balaban J connectivity index is 1.46. The molecular formula is C29H25F3O2. The number of benzene rings is 4. The molecule has 0 unspecified atom stereocenters. The van der Waals surface area contributed by atoms with Crippen LogP contribution in [0, 0.1) is 17.5 Å². The van der Waals surface area contributed by atoms with Gasteiger partial charge in [0.1, 0.15) is 18.2 Å². The van der Waals surface area contributed by atoms with Crippen molar-refractivity contribution in [3.63, 3.8) is 0 Å². The third-order valence-electron chi connectivity index (χ3n) is 5.63. The van der Waals surface area contributed by atoms with E-state index in [1.807, 2.05) is 26.0 Å². The zero-order valence-corrected chi connectivity index (χ0v) is 19.1.